The largest absolute Gasteiger partial charge is 0.323 e. The van der Waals surface area contributed by atoms with E-state index >= 15 is 0 Å². The van der Waals surface area contributed by atoms with Crippen LogP contribution in [0.4, 0.5) is 5.82 Å². The molecule has 1 aromatic carbocycles. The van der Waals surface area contributed by atoms with Crippen LogP contribution in [-0.4, -0.2) is 48.3 Å². The SMILES string of the molecule is Cc1ccc(NC(=O)c2ccc(CN3C(=O)c4c(cnn4C)CC(=O)C3Cc3ccccn3)cc2Cl)nc1. The molecule has 1 aliphatic heterocycles. The summed E-state index contributed by atoms with van der Waals surface area (Å²) < 4.78 is 1.50. The Bertz CT molecular complexity index is 1520. The fourth-order valence-corrected chi connectivity index (χ4v) is 4.82. The van der Waals surface area contributed by atoms with Crippen molar-refractivity contribution in [2.75, 3.05) is 5.32 Å². The van der Waals surface area contributed by atoms with Gasteiger partial charge in [-0.1, -0.05) is 29.8 Å². The molecule has 0 spiro atoms. The van der Waals surface area contributed by atoms with E-state index < -0.39 is 11.9 Å². The van der Waals surface area contributed by atoms with Gasteiger partial charge in [-0.05, 0) is 48.4 Å². The summed E-state index contributed by atoms with van der Waals surface area (Å²) in [6.45, 7) is 2.03. The van der Waals surface area contributed by atoms with Crippen molar-refractivity contribution in [1.29, 1.82) is 0 Å². The van der Waals surface area contributed by atoms with E-state index in [1.54, 1.807) is 60.9 Å². The first kappa shape index (κ1) is 25.3. The molecule has 192 valence electrons. The van der Waals surface area contributed by atoms with E-state index in [1.807, 2.05) is 25.1 Å². The minimum Gasteiger partial charge on any atom is -0.323 e. The van der Waals surface area contributed by atoms with Crippen molar-refractivity contribution in [2.45, 2.75) is 32.4 Å². The zero-order valence-electron chi connectivity index (χ0n) is 20.9. The highest BCUT2D eigenvalue weighted by Crippen LogP contribution is 2.26. The lowest BCUT2D eigenvalue weighted by atomic mass is 10.0. The van der Waals surface area contributed by atoms with E-state index in [4.69, 9.17) is 11.6 Å². The van der Waals surface area contributed by atoms with Gasteiger partial charge in [0, 0.05) is 50.1 Å². The number of anilines is 1. The van der Waals surface area contributed by atoms with Gasteiger partial charge in [0.25, 0.3) is 11.8 Å². The number of hydrogen-bond acceptors (Lipinski definition) is 6. The van der Waals surface area contributed by atoms with Gasteiger partial charge in [-0.15, -0.1) is 0 Å². The minimum atomic E-state index is -0.723. The Hall–Kier alpha value is -4.37. The molecule has 0 saturated heterocycles. The fourth-order valence-electron chi connectivity index (χ4n) is 4.53. The molecule has 1 N–H and O–H groups in total. The Kier molecular flexibility index (Phi) is 7.02. The third-order valence-corrected chi connectivity index (χ3v) is 6.82. The molecule has 4 aromatic rings. The van der Waals surface area contributed by atoms with Crippen molar-refractivity contribution in [1.82, 2.24) is 24.6 Å². The topological polar surface area (TPSA) is 110 Å². The molecule has 2 amide bonds. The highest BCUT2D eigenvalue weighted by molar-refractivity contribution is 6.34. The quantitative estimate of drug-likeness (QED) is 0.407. The van der Waals surface area contributed by atoms with Crippen molar-refractivity contribution in [3.63, 3.8) is 0 Å². The van der Waals surface area contributed by atoms with Crippen LogP contribution in [0.25, 0.3) is 0 Å². The molecule has 10 heteroatoms. The van der Waals surface area contributed by atoms with Crippen LogP contribution in [0.1, 0.15) is 43.2 Å². The number of nitrogens with one attached hydrogen (secondary N) is 1. The van der Waals surface area contributed by atoms with E-state index in [9.17, 15) is 14.4 Å². The van der Waals surface area contributed by atoms with E-state index in [-0.39, 0.29) is 41.7 Å². The summed E-state index contributed by atoms with van der Waals surface area (Å²) in [5.74, 6) is -0.371. The van der Waals surface area contributed by atoms with E-state index in [0.29, 0.717) is 28.3 Å². The van der Waals surface area contributed by atoms with E-state index in [2.05, 4.69) is 20.4 Å². The zero-order chi connectivity index (χ0) is 26.8. The lowest BCUT2D eigenvalue weighted by Gasteiger charge is -2.29. The molecule has 1 unspecified atom stereocenters. The highest BCUT2D eigenvalue weighted by atomic mass is 35.5. The smallest absolute Gasteiger partial charge is 0.273 e. The van der Waals surface area contributed by atoms with Gasteiger partial charge in [-0.2, -0.15) is 5.10 Å². The Morgan fingerprint density at radius 1 is 1.11 bits per heavy atom. The predicted molar refractivity (Wildman–Crippen MR) is 142 cm³/mol. The molecule has 5 rings (SSSR count). The van der Waals surface area contributed by atoms with Crippen molar-refractivity contribution in [3.05, 3.63) is 106 Å². The summed E-state index contributed by atoms with van der Waals surface area (Å²) in [7, 11) is 1.69. The molecule has 1 atom stereocenters. The minimum absolute atomic E-state index is 0.0940. The van der Waals surface area contributed by atoms with Gasteiger partial charge in [0.2, 0.25) is 0 Å². The number of hydrogen-bond donors (Lipinski definition) is 1. The Morgan fingerprint density at radius 2 is 1.95 bits per heavy atom. The first-order chi connectivity index (χ1) is 18.3. The second-order valence-electron chi connectivity index (χ2n) is 9.25. The molecule has 0 fully saturated rings. The molecule has 3 aromatic heterocycles. The standard InChI is InChI=1S/C28H25ClN6O3/c1-17-6-9-25(31-14-17)33-27(37)21-8-7-18(11-22(21)29)16-35-23(13-20-5-3-4-10-30-20)24(36)12-19-15-32-34(2)26(19)28(35)38/h3-11,14-15,23H,12-13,16H2,1-2H3,(H,31,33,37). The molecule has 0 aliphatic carbocycles. The number of benzene rings is 1. The van der Waals surface area contributed by atoms with Crippen LogP contribution in [0, 0.1) is 6.92 Å². The van der Waals surface area contributed by atoms with Gasteiger partial charge in [-0.3, -0.25) is 24.0 Å². The maximum atomic E-state index is 13.7. The number of halogens is 1. The number of pyridine rings is 2. The van der Waals surface area contributed by atoms with Crippen LogP contribution in [0.15, 0.2) is 67.1 Å². The molecular formula is C28H25ClN6O3. The number of rotatable bonds is 6. The number of aryl methyl sites for hydroxylation is 2. The van der Waals surface area contributed by atoms with Gasteiger partial charge in [0.05, 0.1) is 22.8 Å². The Balaban J connectivity index is 1.43. The lowest BCUT2D eigenvalue weighted by molar-refractivity contribution is -0.122. The monoisotopic (exact) mass is 528 g/mol. The van der Waals surface area contributed by atoms with Crippen LogP contribution < -0.4 is 5.32 Å². The predicted octanol–water partition coefficient (Wildman–Crippen LogP) is 3.80. The van der Waals surface area contributed by atoms with Gasteiger partial charge in [0.1, 0.15) is 11.5 Å². The molecule has 1 aliphatic rings. The van der Waals surface area contributed by atoms with Crippen molar-refractivity contribution in [3.8, 4) is 0 Å². The average molecular weight is 529 g/mol. The lowest BCUT2D eigenvalue weighted by Crippen LogP contribution is -2.45. The molecular weight excluding hydrogens is 504 g/mol. The molecule has 9 nitrogen and oxygen atoms in total. The molecule has 0 saturated carbocycles. The number of aromatic nitrogens is 4. The Labute approximate surface area is 224 Å². The second-order valence-corrected chi connectivity index (χ2v) is 9.66. The zero-order valence-corrected chi connectivity index (χ0v) is 21.6. The summed E-state index contributed by atoms with van der Waals surface area (Å²) in [5.41, 5.74) is 3.63. The second kappa shape index (κ2) is 10.5. The number of carbonyl (C=O) groups excluding carboxylic acids is 3. The third kappa shape index (κ3) is 5.19. The number of carbonyl (C=O) groups is 3. The molecule has 38 heavy (non-hydrogen) atoms. The average Bonchev–Trinajstić information content (AvgIpc) is 3.22. The first-order valence-corrected chi connectivity index (χ1v) is 12.4. The number of fused-ring (bicyclic) bond motifs is 1. The van der Waals surface area contributed by atoms with Crippen LogP contribution in [-0.2, 0) is 31.2 Å². The van der Waals surface area contributed by atoms with Crippen LogP contribution >= 0.6 is 11.6 Å². The van der Waals surface area contributed by atoms with Crippen LogP contribution in [0.5, 0.6) is 0 Å². The molecule has 0 radical (unpaired) electrons. The summed E-state index contributed by atoms with van der Waals surface area (Å²) in [4.78, 5) is 50.0. The normalized spacial score (nSPS) is 15.2. The number of Topliss-reactive ketones (excluding diaryl/α,β-unsaturated/α-hetero) is 1. The Morgan fingerprint density at radius 3 is 2.66 bits per heavy atom. The van der Waals surface area contributed by atoms with Gasteiger partial charge in [0.15, 0.2) is 5.78 Å². The van der Waals surface area contributed by atoms with Gasteiger partial charge >= 0.3 is 0 Å². The molecule has 0 bridgehead atoms. The first-order valence-electron chi connectivity index (χ1n) is 12.1. The highest BCUT2D eigenvalue weighted by Gasteiger charge is 2.37. The summed E-state index contributed by atoms with van der Waals surface area (Å²) >= 11 is 6.51. The summed E-state index contributed by atoms with van der Waals surface area (Å²) in [6, 6.07) is 13.3. The van der Waals surface area contributed by atoms with Crippen molar-refractivity contribution < 1.29 is 14.4 Å². The van der Waals surface area contributed by atoms with E-state index in [1.165, 1.54) is 4.68 Å². The maximum absolute atomic E-state index is 13.7. The maximum Gasteiger partial charge on any atom is 0.273 e. The number of nitrogens with zero attached hydrogens (tertiary/aromatic N) is 5. The number of amides is 2. The van der Waals surface area contributed by atoms with Crippen LogP contribution in [0.3, 0.4) is 0 Å². The van der Waals surface area contributed by atoms with Crippen LogP contribution in [0.2, 0.25) is 5.02 Å². The van der Waals surface area contributed by atoms with E-state index in [0.717, 1.165) is 5.56 Å². The van der Waals surface area contributed by atoms with Gasteiger partial charge < -0.3 is 10.2 Å². The summed E-state index contributed by atoms with van der Waals surface area (Å²) in [6.07, 6.45) is 5.28. The summed E-state index contributed by atoms with van der Waals surface area (Å²) in [5, 5.41) is 7.16. The fraction of sp³-hybridized carbons (Fsp3) is 0.214. The molecule has 4 heterocycles. The van der Waals surface area contributed by atoms with Crippen molar-refractivity contribution in [2.24, 2.45) is 7.05 Å². The van der Waals surface area contributed by atoms with Gasteiger partial charge in [-0.25, -0.2) is 4.98 Å². The number of ketones is 1. The third-order valence-electron chi connectivity index (χ3n) is 6.50. The van der Waals surface area contributed by atoms with Crippen molar-refractivity contribution >= 4 is 35.0 Å².